The van der Waals surface area contributed by atoms with Crippen molar-refractivity contribution in [3.05, 3.63) is 6.67 Å². The molecule has 4 heteroatoms. The molecule has 4 nitrogen and oxygen atoms in total. The average molecular weight is 98.1 g/mol. The van der Waals surface area contributed by atoms with E-state index in [0.717, 1.165) is 0 Å². The third-order valence-electron chi connectivity index (χ3n) is 0.798. The summed E-state index contributed by atoms with van der Waals surface area (Å²) in [5, 5.41) is 10.3. The summed E-state index contributed by atoms with van der Waals surface area (Å²) in [6, 6.07) is 0. The minimum Gasteiger partial charge on any atom is -0.209 e. The minimum atomic E-state index is 1.58. The van der Waals surface area contributed by atoms with Crippen molar-refractivity contribution in [1.82, 2.24) is 10.1 Å². The van der Waals surface area contributed by atoms with Gasteiger partial charge in [0.15, 0.2) is 0 Å². The maximum Gasteiger partial charge on any atom is 0.246 e. The first-order valence-electron chi connectivity index (χ1n) is 1.94. The molecule has 0 saturated carbocycles. The van der Waals surface area contributed by atoms with Crippen LogP contribution in [0, 0.1) is 6.67 Å². The molecular weight excluding hydrogens is 92.1 g/mol. The normalized spacial score (nSPS) is 21.7. The van der Waals surface area contributed by atoms with Crippen LogP contribution in [0.2, 0.25) is 0 Å². The fourth-order valence-electron chi connectivity index (χ4n) is 0.274. The quantitative estimate of drug-likeness (QED) is 0.431. The Labute approximate surface area is 42.4 Å². The van der Waals surface area contributed by atoms with E-state index in [-0.39, 0.29) is 0 Å². The number of rotatable bonds is 0. The van der Waals surface area contributed by atoms with E-state index in [4.69, 9.17) is 0 Å². The van der Waals surface area contributed by atoms with Gasteiger partial charge in [0.2, 0.25) is 6.67 Å². The lowest BCUT2D eigenvalue weighted by molar-refractivity contribution is 0.0906. The molecule has 0 unspecified atom stereocenters. The first kappa shape index (κ1) is 4.52. The van der Waals surface area contributed by atoms with Crippen LogP contribution >= 0.6 is 0 Å². The Hall–Kier alpha value is -0.640. The van der Waals surface area contributed by atoms with E-state index in [1.165, 1.54) is 0 Å². The van der Waals surface area contributed by atoms with Crippen LogP contribution in [0.1, 0.15) is 0 Å². The zero-order chi connectivity index (χ0) is 5.28. The van der Waals surface area contributed by atoms with Crippen molar-refractivity contribution in [2.24, 2.45) is 10.3 Å². The molecule has 0 amide bonds. The molecule has 1 heterocycles. The summed E-state index contributed by atoms with van der Waals surface area (Å²) in [5.74, 6) is 0. The second-order valence-corrected chi connectivity index (χ2v) is 1.30. The highest BCUT2D eigenvalue weighted by atomic mass is 15.8. The highest BCUT2D eigenvalue weighted by Crippen LogP contribution is 2.04. The molecule has 0 saturated heterocycles. The van der Waals surface area contributed by atoms with Gasteiger partial charge in [0, 0.05) is 14.1 Å². The van der Waals surface area contributed by atoms with E-state index in [1.807, 2.05) is 7.05 Å². The maximum absolute atomic E-state index is 3.59. The molecule has 0 N–H and O–H groups in total. The van der Waals surface area contributed by atoms with Gasteiger partial charge in [-0.3, -0.25) is 0 Å². The molecule has 1 rings (SSSR count). The number of hydrogen-bond acceptors (Lipinski definition) is 4. The van der Waals surface area contributed by atoms with Gasteiger partial charge in [-0.1, -0.05) is 5.22 Å². The van der Waals surface area contributed by atoms with Gasteiger partial charge >= 0.3 is 0 Å². The van der Waals surface area contributed by atoms with Crippen LogP contribution in [-0.4, -0.2) is 24.2 Å². The van der Waals surface area contributed by atoms with Crippen LogP contribution in [0.4, 0.5) is 0 Å². The highest BCUT2D eigenvalue weighted by molar-refractivity contribution is 4.57. The molecule has 1 aliphatic heterocycles. The summed E-state index contributed by atoms with van der Waals surface area (Å²) in [7, 11) is 3.61. The second-order valence-electron chi connectivity index (χ2n) is 1.30. The lowest BCUT2D eigenvalue weighted by Crippen LogP contribution is -2.24. The first-order valence-corrected chi connectivity index (χ1v) is 1.94. The molecule has 0 fully saturated rings. The van der Waals surface area contributed by atoms with Crippen molar-refractivity contribution in [2.75, 3.05) is 14.1 Å². The van der Waals surface area contributed by atoms with Crippen LogP contribution in [0.25, 0.3) is 0 Å². The predicted octanol–water partition coefficient (Wildman–Crippen LogP) is 0.142. The Kier molecular flexibility index (Phi) is 0.941. The Morgan fingerprint density at radius 3 is 2.29 bits per heavy atom. The standard InChI is InChI=1S/C3H6N4/c1-6-3-4-5-7(6)2/h1-2H3. The van der Waals surface area contributed by atoms with Crippen LogP contribution < -0.4 is 0 Å². The van der Waals surface area contributed by atoms with Gasteiger partial charge in [0.25, 0.3) is 0 Å². The van der Waals surface area contributed by atoms with Gasteiger partial charge in [0.1, 0.15) is 0 Å². The summed E-state index contributed by atoms with van der Waals surface area (Å²) in [6.45, 7) is 2.59. The molecule has 7 heavy (non-hydrogen) atoms. The number of hydrazine groups is 1. The Morgan fingerprint density at radius 1 is 1.43 bits per heavy atom. The molecule has 0 spiro atoms. The third-order valence-corrected chi connectivity index (χ3v) is 0.798. The Morgan fingerprint density at radius 2 is 2.14 bits per heavy atom. The Balaban J connectivity index is 2.45. The van der Waals surface area contributed by atoms with E-state index in [9.17, 15) is 0 Å². The van der Waals surface area contributed by atoms with Crippen molar-refractivity contribution in [2.45, 2.75) is 0 Å². The number of nitrogens with zero attached hydrogens (tertiary/aromatic N) is 4. The minimum absolute atomic E-state index is 1.58. The van der Waals surface area contributed by atoms with E-state index >= 15 is 0 Å². The lowest BCUT2D eigenvalue weighted by atomic mass is 11.0. The average Bonchev–Trinajstić information content (AvgIpc) is 1.91. The van der Waals surface area contributed by atoms with Crippen molar-refractivity contribution in [3.63, 3.8) is 0 Å². The van der Waals surface area contributed by atoms with Gasteiger partial charge in [-0.05, 0) is 0 Å². The zero-order valence-electron chi connectivity index (χ0n) is 4.29. The van der Waals surface area contributed by atoms with Crippen LogP contribution in [0.15, 0.2) is 10.3 Å². The van der Waals surface area contributed by atoms with Gasteiger partial charge in [0.05, 0.1) is 0 Å². The molecule has 38 valence electrons. The summed E-state index contributed by atoms with van der Waals surface area (Å²) in [6.07, 6.45) is 0. The summed E-state index contributed by atoms with van der Waals surface area (Å²) in [5.41, 5.74) is 0. The Bertz CT molecular complexity index is 88.9. The first-order chi connectivity index (χ1) is 3.30. The third kappa shape index (κ3) is 0.691. The van der Waals surface area contributed by atoms with Crippen molar-refractivity contribution < 1.29 is 0 Å². The molecule has 0 aromatic carbocycles. The van der Waals surface area contributed by atoms with E-state index in [1.54, 1.807) is 17.2 Å². The topological polar surface area (TPSA) is 31.2 Å². The van der Waals surface area contributed by atoms with Gasteiger partial charge in [-0.15, -0.1) is 5.11 Å². The molecule has 0 bridgehead atoms. The predicted molar refractivity (Wildman–Crippen MR) is 23.6 cm³/mol. The van der Waals surface area contributed by atoms with Gasteiger partial charge in [-0.25, -0.2) is 5.12 Å². The largest absolute Gasteiger partial charge is 0.246 e. The van der Waals surface area contributed by atoms with Crippen molar-refractivity contribution >= 4 is 0 Å². The summed E-state index contributed by atoms with van der Waals surface area (Å²) in [4.78, 5) is 0. The maximum atomic E-state index is 3.59. The molecular formula is C3H6N4. The zero-order valence-corrected chi connectivity index (χ0v) is 4.29. The van der Waals surface area contributed by atoms with Gasteiger partial charge < -0.3 is 0 Å². The molecule has 0 aliphatic carbocycles. The van der Waals surface area contributed by atoms with E-state index in [0.29, 0.717) is 0 Å². The molecule has 0 atom stereocenters. The molecule has 0 aromatic heterocycles. The van der Waals surface area contributed by atoms with Crippen LogP contribution in [0.3, 0.4) is 0 Å². The molecule has 0 aromatic rings. The summed E-state index contributed by atoms with van der Waals surface area (Å²) >= 11 is 0. The fourth-order valence-corrected chi connectivity index (χ4v) is 0.274. The molecule has 2 radical (unpaired) electrons. The highest BCUT2D eigenvalue weighted by Gasteiger charge is 2.08. The SMILES string of the molecule is CN1[C]N=NN1C. The van der Waals surface area contributed by atoms with Crippen molar-refractivity contribution in [3.8, 4) is 0 Å². The van der Waals surface area contributed by atoms with Crippen molar-refractivity contribution in [1.29, 1.82) is 0 Å². The lowest BCUT2D eigenvalue weighted by Gasteiger charge is -2.11. The van der Waals surface area contributed by atoms with Crippen LogP contribution in [-0.2, 0) is 0 Å². The fraction of sp³-hybridized carbons (Fsp3) is 0.667. The number of hydrogen-bond donors (Lipinski definition) is 0. The summed E-state index contributed by atoms with van der Waals surface area (Å²) < 4.78 is 0. The van der Waals surface area contributed by atoms with E-state index < -0.39 is 0 Å². The molecule has 1 aliphatic rings. The van der Waals surface area contributed by atoms with Crippen LogP contribution in [0.5, 0.6) is 0 Å². The second kappa shape index (κ2) is 1.46. The monoisotopic (exact) mass is 98.1 g/mol. The van der Waals surface area contributed by atoms with Gasteiger partial charge in [-0.2, -0.15) is 5.01 Å². The smallest absolute Gasteiger partial charge is 0.209 e. The van der Waals surface area contributed by atoms with E-state index in [2.05, 4.69) is 17.0 Å².